The van der Waals surface area contributed by atoms with E-state index in [9.17, 15) is 0 Å². The second kappa shape index (κ2) is 5.74. The maximum absolute atomic E-state index is 9.06. The lowest BCUT2D eigenvalue weighted by atomic mass is 10.1. The van der Waals surface area contributed by atoms with Gasteiger partial charge in [0.05, 0.1) is 12.4 Å². The molecule has 0 aromatic carbocycles. The van der Waals surface area contributed by atoms with Gasteiger partial charge in [-0.25, -0.2) is 0 Å². The van der Waals surface area contributed by atoms with Crippen LogP contribution in [0.1, 0.15) is 12.8 Å². The van der Waals surface area contributed by atoms with Crippen LogP contribution >= 0.6 is 0 Å². The lowest BCUT2D eigenvalue weighted by Gasteiger charge is -2.05. The van der Waals surface area contributed by atoms with Crippen molar-refractivity contribution in [2.75, 3.05) is 0 Å². The van der Waals surface area contributed by atoms with Gasteiger partial charge in [-0.2, -0.15) is 0 Å². The molecule has 0 saturated heterocycles. The quantitative estimate of drug-likeness (QED) is 0.469. The molecule has 0 spiro atoms. The van der Waals surface area contributed by atoms with E-state index in [0.717, 1.165) is 11.8 Å². The van der Waals surface area contributed by atoms with Crippen LogP contribution < -0.4 is 0 Å². The highest BCUT2D eigenvalue weighted by molar-refractivity contribution is 5.04. The molecule has 0 aliphatic rings. The van der Waals surface area contributed by atoms with E-state index in [1.54, 1.807) is 6.08 Å². The molecule has 0 radical (unpaired) electrons. The fourth-order valence-corrected chi connectivity index (χ4v) is 0.682. The van der Waals surface area contributed by atoms with Gasteiger partial charge in [0.25, 0.3) is 0 Å². The number of allylic oxidation sites excluding steroid dienone is 1. The molecule has 1 atom stereocenters. The van der Waals surface area contributed by atoms with E-state index in [1.165, 1.54) is 6.08 Å². The second-order valence-electron chi connectivity index (χ2n) is 2.35. The summed E-state index contributed by atoms with van der Waals surface area (Å²) in [5.74, 6) is 0. The van der Waals surface area contributed by atoms with Crippen molar-refractivity contribution in [1.29, 1.82) is 0 Å². The Labute approximate surface area is 67.2 Å². The number of rotatable bonds is 5. The van der Waals surface area contributed by atoms with Gasteiger partial charge >= 0.3 is 0 Å². The summed E-state index contributed by atoms with van der Waals surface area (Å²) in [5.41, 5.74) is 0.878. The fraction of sp³-hybridized carbons (Fsp3) is 0.333. The van der Waals surface area contributed by atoms with Crippen molar-refractivity contribution >= 4 is 0 Å². The Bertz CT molecular complexity index is 159. The molecule has 1 unspecified atom stereocenters. The molecule has 0 aliphatic carbocycles. The van der Waals surface area contributed by atoms with Gasteiger partial charge in [0.1, 0.15) is 0 Å². The summed E-state index contributed by atoms with van der Waals surface area (Å²) in [6.45, 7) is 7.15. The zero-order valence-electron chi connectivity index (χ0n) is 6.53. The highest BCUT2D eigenvalue weighted by Crippen LogP contribution is 2.08. The minimum Gasteiger partial charge on any atom is -0.516 e. The Morgan fingerprint density at radius 1 is 1.55 bits per heavy atom. The summed E-state index contributed by atoms with van der Waals surface area (Å²) in [6, 6.07) is 0. The molecular weight excluding hydrogens is 140 g/mol. The molecule has 0 aromatic heterocycles. The number of aliphatic hydroxyl groups excluding tert-OH is 2. The number of hydrogen-bond donors (Lipinski definition) is 2. The third-order valence-electron chi connectivity index (χ3n) is 1.28. The fourth-order valence-electron chi connectivity index (χ4n) is 0.682. The molecule has 0 aromatic rings. The molecule has 0 aliphatic heterocycles. The third-order valence-corrected chi connectivity index (χ3v) is 1.28. The van der Waals surface area contributed by atoms with Gasteiger partial charge in [0.2, 0.25) is 0 Å². The monoisotopic (exact) mass is 154 g/mol. The topological polar surface area (TPSA) is 40.5 Å². The normalized spacial score (nSPS) is 13.2. The predicted molar refractivity (Wildman–Crippen MR) is 46.3 cm³/mol. The predicted octanol–water partition coefficient (Wildman–Crippen LogP) is 1.94. The summed E-state index contributed by atoms with van der Waals surface area (Å²) in [7, 11) is 0. The van der Waals surface area contributed by atoms with Crippen molar-refractivity contribution in [2.45, 2.75) is 18.9 Å². The minimum absolute atomic E-state index is 0.508. The standard InChI is InChI=1S/C9H14O2/c1-3-9(11)7-8(2)5-4-6-10/h3-4,6,9-11H,1-2,5,7H2. The molecule has 0 heterocycles. The molecule has 11 heavy (non-hydrogen) atoms. The molecule has 2 heteroatoms. The van der Waals surface area contributed by atoms with Crippen LogP contribution in [0.5, 0.6) is 0 Å². The first-order chi connectivity index (χ1) is 5.20. The van der Waals surface area contributed by atoms with Crippen molar-refractivity contribution in [2.24, 2.45) is 0 Å². The van der Waals surface area contributed by atoms with E-state index >= 15 is 0 Å². The lowest BCUT2D eigenvalue weighted by Crippen LogP contribution is -2.01. The van der Waals surface area contributed by atoms with Gasteiger partial charge < -0.3 is 10.2 Å². The molecule has 0 saturated carbocycles. The Balaban J connectivity index is 3.60. The zero-order valence-corrected chi connectivity index (χ0v) is 6.53. The van der Waals surface area contributed by atoms with Crippen LogP contribution in [0, 0.1) is 0 Å². The molecule has 0 rings (SSSR count). The molecule has 0 bridgehead atoms. The first-order valence-electron chi connectivity index (χ1n) is 3.47. The maximum atomic E-state index is 9.06. The zero-order chi connectivity index (χ0) is 8.69. The van der Waals surface area contributed by atoms with E-state index < -0.39 is 6.10 Å². The van der Waals surface area contributed by atoms with Crippen LogP contribution in [0.2, 0.25) is 0 Å². The van der Waals surface area contributed by atoms with Crippen LogP contribution in [0.15, 0.2) is 37.1 Å². The Kier molecular flexibility index (Phi) is 5.21. The first-order valence-corrected chi connectivity index (χ1v) is 3.47. The Hall–Kier alpha value is -1.02. The largest absolute Gasteiger partial charge is 0.516 e. The van der Waals surface area contributed by atoms with E-state index in [4.69, 9.17) is 10.2 Å². The van der Waals surface area contributed by atoms with Gasteiger partial charge in [-0.3, -0.25) is 0 Å². The Morgan fingerprint density at radius 2 is 2.18 bits per heavy atom. The summed E-state index contributed by atoms with van der Waals surface area (Å²) in [5, 5.41) is 17.4. The van der Waals surface area contributed by atoms with Gasteiger partial charge in [0, 0.05) is 0 Å². The van der Waals surface area contributed by atoms with Crippen LogP contribution in [-0.4, -0.2) is 16.3 Å². The molecule has 2 nitrogen and oxygen atoms in total. The van der Waals surface area contributed by atoms with Crippen molar-refractivity contribution < 1.29 is 10.2 Å². The summed E-state index contributed by atoms with van der Waals surface area (Å²) in [4.78, 5) is 0. The van der Waals surface area contributed by atoms with Crippen molar-refractivity contribution in [3.05, 3.63) is 37.1 Å². The van der Waals surface area contributed by atoms with Gasteiger partial charge in [-0.15, -0.1) is 6.58 Å². The smallest absolute Gasteiger partial charge is 0.0755 e. The van der Waals surface area contributed by atoms with Crippen molar-refractivity contribution in [3.8, 4) is 0 Å². The second-order valence-corrected chi connectivity index (χ2v) is 2.35. The average Bonchev–Trinajstić information content (AvgIpc) is 2.00. The average molecular weight is 154 g/mol. The lowest BCUT2D eigenvalue weighted by molar-refractivity contribution is 0.223. The highest BCUT2D eigenvalue weighted by Gasteiger charge is 1.99. The van der Waals surface area contributed by atoms with Crippen LogP contribution in [0.25, 0.3) is 0 Å². The summed E-state index contributed by atoms with van der Waals surface area (Å²) >= 11 is 0. The first kappa shape index (κ1) is 9.98. The van der Waals surface area contributed by atoms with Gasteiger partial charge in [0.15, 0.2) is 0 Å². The molecule has 0 fully saturated rings. The molecular formula is C9H14O2. The SMILES string of the molecule is C=CC(O)CC(=C)CC=CO. The summed E-state index contributed by atoms with van der Waals surface area (Å²) in [6.07, 6.45) is 4.61. The minimum atomic E-state index is -0.519. The molecule has 62 valence electrons. The molecule has 2 N–H and O–H groups in total. The Morgan fingerprint density at radius 3 is 2.64 bits per heavy atom. The van der Waals surface area contributed by atoms with E-state index in [0.29, 0.717) is 12.8 Å². The van der Waals surface area contributed by atoms with Crippen LogP contribution in [0.3, 0.4) is 0 Å². The summed E-state index contributed by atoms with van der Waals surface area (Å²) < 4.78 is 0. The maximum Gasteiger partial charge on any atom is 0.0755 e. The van der Waals surface area contributed by atoms with Crippen molar-refractivity contribution in [1.82, 2.24) is 0 Å². The van der Waals surface area contributed by atoms with Crippen molar-refractivity contribution in [3.63, 3.8) is 0 Å². The van der Waals surface area contributed by atoms with Crippen LogP contribution in [0.4, 0.5) is 0 Å². The highest BCUT2D eigenvalue weighted by atomic mass is 16.3. The third kappa shape index (κ3) is 5.43. The van der Waals surface area contributed by atoms with E-state index in [2.05, 4.69) is 13.2 Å². The van der Waals surface area contributed by atoms with E-state index in [1.807, 2.05) is 0 Å². The molecule has 0 amide bonds. The van der Waals surface area contributed by atoms with Gasteiger partial charge in [-0.1, -0.05) is 18.2 Å². The van der Waals surface area contributed by atoms with Gasteiger partial charge in [-0.05, 0) is 18.9 Å². The van der Waals surface area contributed by atoms with Crippen LogP contribution in [-0.2, 0) is 0 Å². The van der Waals surface area contributed by atoms with E-state index in [-0.39, 0.29) is 0 Å². The number of aliphatic hydroxyl groups is 2. The number of hydrogen-bond acceptors (Lipinski definition) is 2.